The zero-order chi connectivity index (χ0) is 17.2. The van der Waals surface area contributed by atoms with Crippen molar-refractivity contribution in [2.75, 3.05) is 5.75 Å². The van der Waals surface area contributed by atoms with Gasteiger partial charge in [0, 0.05) is 12.8 Å². The van der Waals surface area contributed by atoms with Crippen LogP contribution in [0.2, 0.25) is 0 Å². The van der Waals surface area contributed by atoms with Crippen LogP contribution in [-0.4, -0.2) is 18.7 Å². The summed E-state index contributed by atoms with van der Waals surface area (Å²) >= 11 is 0. The summed E-state index contributed by atoms with van der Waals surface area (Å²) in [6.07, 6.45) is 21.4. The predicted octanol–water partition coefficient (Wildman–Crippen LogP) is 5.08. The average molecular weight is 339 g/mol. The summed E-state index contributed by atoms with van der Waals surface area (Å²) in [5.41, 5.74) is 0. The molecule has 0 aliphatic carbocycles. The highest BCUT2D eigenvalue weighted by molar-refractivity contribution is 7.85. The maximum atomic E-state index is 10.5. The quantitative estimate of drug-likeness (QED) is 0.234. The van der Waals surface area contributed by atoms with Gasteiger partial charge in [-0.3, -0.25) is 4.55 Å². The molecule has 3 nitrogen and oxygen atoms in total. The number of hydrogen-bond donors (Lipinski definition) is 1. The van der Waals surface area contributed by atoms with E-state index in [-0.39, 0.29) is 5.75 Å². The molecule has 0 saturated heterocycles. The summed E-state index contributed by atoms with van der Waals surface area (Å²) in [7, 11) is -3.84. The molecule has 0 rings (SSSR count). The molecule has 0 fully saturated rings. The summed E-state index contributed by atoms with van der Waals surface area (Å²) < 4.78 is 29.5. The largest absolute Gasteiger partial charge is 0.286 e. The zero-order valence-corrected chi connectivity index (χ0v) is 15.0. The molecule has 23 heavy (non-hydrogen) atoms. The molecule has 0 atom stereocenters. The molecule has 0 aromatic rings. The lowest BCUT2D eigenvalue weighted by Crippen LogP contribution is -2.02. The van der Waals surface area contributed by atoms with Crippen molar-refractivity contribution in [2.45, 2.75) is 64.7 Å². The summed E-state index contributed by atoms with van der Waals surface area (Å²) in [5, 5.41) is 0. The average Bonchev–Trinajstić information content (AvgIpc) is 2.49. The molecule has 1 N–H and O–H groups in total. The van der Waals surface area contributed by atoms with E-state index in [0.717, 1.165) is 12.8 Å². The molecule has 0 aromatic heterocycles. The van der Waals surface area contributed by atoms with Crippen LogP contribution in [0.3, 0.4) is 0 Å². The first-order valence-electron chi connectivity index (χ1n) is 8.42. The van der Waals surface area contributed by atoms with Gasteiger partial charge in [-0.1, -0.05) is 62.1 Å². The molecule has 0 bridgehead atoms. The van der Waals surface area contributed by atoms with E-state index in [9.17, 15) is 8.42 Å². The van der Waals surface area contributed by atoms with Crippen LogP contribution in [0.5, 0.6) is 0 Å². The van der Waals surface area contributed by atoms with Crippen molar-refractivity contribution in [2.24, 2.45) is 0 Å². The normalized spacial score (nSPS) is 12.3. The smallest absolute Gasteiger partial charge is 0.264 e. The SMILES string of the molecule is CCCCC/C=C/C/C=C/C/C=C/CC#CCCCS(=O)(=O)O. The van der Waals surface area contributed by atoms with E-state index in [2.05, 4.69) is 49.1 Å². The molecule has 0 radical (unpaired) electrons. The Kier molecular flexibility index (Phi) is 14.7. The van der Waals surface area contributed by atoms with Crippen LogP contribution in [0.25, 0.3) is 0 Å². The van der Waals surface area contributed by atoms with E-state index in [0.29, 0.717) is 19.3 Å². The van der Waals surface area contributed by atoms with E-state index < -0.39 is 10.1 Å². The van der Waals surface area contributed by atoms with E-state index in [1.54, 1.807) is 0 Å². The van der Waals surface area contributed by atoms with Gasteiger partial charge in [0.1, 0.15) is 0 Å². The Morgan fingerprint density at radius 1 is 0.870 bits per heavy atom. The van der Waals surface area contributed by atoms with E-state index >= 15 is 0 Å². The molecule has 4 heteroatoms. The van der Waals surface area contributed by atoms with Crippen molar-refractivity contribution in [3.05, 3.63) is 36.5 Å². The lowest BCUT2D eigenvalue weighted by atomic mass is 10.2. The summed E-state index contributed by atoms with van der Waals surface area (Å²) in [6.45, 7) is 2.22. The number of unbranched alkanes of at least 4 members (excludes halogenated alkanes) is 4. The van der Waals surface area contributed by atoms with Crippen molar-refractivity contribution in [3.63, 3.8) is 0 Å². The Bertz CT molecular complexity index is 517. The first-order chi connectivity index (χ1) is 11.1. The van der Waals surface area contributed by atoms with Crippen LogP contribution in [0.1, 0.15) is 64.7 Å². The van der Waals surface area contributed by atoms with E-state index in [1.807, 2.05) is 6.08 Å². The third kappa shape index (κ3) is 20.7. The summed E-state index contributed by atoms with van der Waals surface area (Å²) in [5.74, 6) is 5.64. The van der Waals surface area contributed by atoms with Crippen LogP contribution < -0.4 is 0 Å². The fraction of sp³-hybridized carbons (Fsp3) is 0.579. The minimum Gasteiger partial charge on any atom is -0.286 e. The lowest BCUT2D eigenvalue weighted by Gasteiger charge is -1.91. The molecular formula is C19H30O3S. The van der Waals surface area contributed by atoms with Gasteiger partial charge in [0.05, 0.1) is 5.75 Å². The van der Waals surface area contributed by atoms with Gasteiger partial charge < -0.3 is 0 Å². The van der Waals surface area contributed by atoms with Gasteiger partial charge in [0.15, 0.2) is 0 Å². The van der Waals surface area contributed by atoms with Crippen LogP contribution in [0.4, 0.5) is 0 Å². The maximum Gasteiger partial charge on any atom is 0.264 e. The van der Waals surface area contributed by atoms with Crippen LogP contribution in [0, 0.1) is 11.8 Å². The Morgan fingerprint density at radius 3 is 2.17 bits per heavy atom. The number of allylic oxidation sites excluding steroid dienone is 6. The lowest BCUT2D eigenvalue weighted by molar-refractivity contribution is 0.481. The van der Waals surface area contributed by atoms with Crippen molar-refractivity contribution < 1.29 is 13.0 Å². The van der Waals surface area contributed by atoms with Gasteiger partial charge in [0.2, 0.25) is 0 Å². The Morgan fingerprint density at radius 2 is 1.52 bits per heavy atom. The summed E-state index contributed by atoms with van der Waals surface area (Å²) in [6, 6.07) is 0. The fourth-order valence-corrected chi connectivity index (χ4v) is 2.33. The maximum absolute atomic E-state index is 10.5. The van der Waals surface area contributed by atoms with Gasteiger partial charge >= 0.3 is 0 Å². The van der Waals surface area contributed by atoms with Crippen molar-refractivity contribution >= 4 is 10.1 Å². The molecule has 0 saturated carbocycles. The van der Waals surface area contributed by atoms with E-state index in [1.165, 1.54) is 25.7 Å². The zero-order valence-electron chi connectivity index (χ0n) is 14.2. The highest BCUT2D eigenvalue weighted by atomic mass is 32.2. The van der Waals surface area contributed by atoms with Gasteiger partial charge in [-0.25, -0.2) is 0 Å². The molecule has 130 valence electrons. The van der Waals surface area contributed by atoms with Crippen LogP contribution in [0.15, 0.2) is 36.5 Å². The van der Waals surface area contributed by atoms with E-state index in [4.69, 9.17) is 4.55 Å². The second-order valence-corrected chi connectivity index (χ2v) is 6.90. The fourth-order valence-electron chi connectivity index (χ4n) is 1.82. The van der Waals surface area contributed by atoms with Gasteiger partial charge in [-0.15, -0.1) is 5.92 Å². The molecule has 0 amide bonds. The molecule has 0 spiro atoms. The minimum absolute atomic E-state index is 0.213. The van der Waals surface area contributed by atoms with Crippen LogP contribution >= 0.6 is 0 Å². The Labute approximate surface area is 142 Å². The first kappa shape index (κ1) is 21.7. The molecule has 0 unspecified atom stereocenters. The number of rotatable bonds is 12. The second-order valence-electron chi connectivity index (χ2n) is 5.33. The monoisotopic (exact) mass is 338 g/mol. The molecule has 0 aromatic carbocycles. The van der Waals surface area contributed by atoms with Crippen molar-refractivity contribution in [1.29, 1.82) is 0 Å². The van der Waals surface area contributed by atoms with Crippen molar-refractivity contribution in [3.8, 4) is 11.8 Å². The Hall–Kier alpha value is -1.31. The molecule has 0 heterocycles. The highest BCUT2D eigenvalue weighted by Crippen LogP contribution is 2.00. The predicted molar refractivity (Wildman–Crippen MR) is 98.8 cm³/mol. The second kappa shape index (κ2) is 15.6. The topological polar surface area (TPSA) is 54.4 Å². The third-order valence-electron chi connectivity index (χ3n) is 3.07. The van der Waals surface area contributed by atoms with Gasteiger partial charge in [0.25, 0.3) is 10.1 Å². The molecule has 0 aliphatic heterocycles. The Balaban J connectivity index is 3.52. The molecule has 0 aliphatic rings. The number of hydrogen-bond acceptors (Lipinski definition) is 2. The van der Waals surface area contributed by atoms with Gasteiger partial charge in [-0.05, 0) is 32.1 Å². The standard InChI is InChI=1S/C19H30O3S/c1-2-3-4-5-6-7-8-9-10-11-12-13-14-15-16-17-18-19-23(20,21)22/h6-7,9-10,12-13H,2-5,8,11,14,17-19H2,1H3,(H,20,21,22)/b7-6+,10-9+,13-12+. The first-order valence-corrected chi connectivity index (χ1v) is 10.0. The van der Waals surface area contributed by atoms with Crippen molar-refractivity contribution in [1.82, 2.24) is 0 Å². The molecular weight excluding hydrogens is 308 g/mol. The minimum atomic E-state index is -3.84. The van der Waals surface area contributed by atoms with Gasteiger partial charge in [-0.2, -0.15) is 8.42 Å². The van der Waals surface area contributed by atoms with Crippen LogP contribution in [-0.2, 0) is 10.1 Å². The summed E-state index contributed by atoms with van der Waals surface area (Å²) in [4.78, 5) is 0. The highest BCUT2D eigenvalue weighted by Gasteiger charge is 2.01. The third-order valence-corrected chi connectivity index (χ3v) is 3.87.